The van der Waals surface area contributed by atoms with E-state index in [4.69, 9.17) is 4.98 Å². The molecule has 1 aliphatic heterocycles. The van der Waals surface area contributed by atoms with Crippen LogP contribution in [-0.2, 0) is 17.8 Å². The van der Waals surface area contributed by atoms with E-state index in [0.717, 1.165) is 42.4 Å². The zero-order chi connectivity index (χ0) is 23.7. The molecule has 4 aromatic rings. The van der Waals surface area contributed by atoms with Crippen molar-refractivity contribution in [3.63, 3.8) is 0 Å². The smallest absolute Gasteiger partial charge is 0.293 e. The van der Waals surface area contributed by atoms with Gasteiger partial charge in [-0.05, 0) is 62.9 Å². The summed E-state index contributed by atoms with van der Waals surface area (Å²) in [4.78, 5) is 36.2. The van der Waals surface area contributed by atoms with Gasteiger partial charge in [0.25, 0.3) is 5.56 Å². The number of nitrogens with one attached hydrogen (secondary N) is 2. The van der Waals surface area contributed by atoms with Crippen molar-refractivity contribution in [3.05, 3.63) is 70.1 Å². The number of anilines is 1. The predicted octanol–water partition coefficient (Wildman–Crippen LogP) is 3.78. The number of hydrogen-bond donors (Lipinski definition) is 2. The summed E-state index contributed by atoms with van der Waals surface area (Å²) in [5.74, 6) is 0.353. The van der Waals surface area contributed by atoms with E-state index < -0.39 is 0 Å². The molecule has 176 valence electrons. The van der Waals surface area contributed by atoms with E-state index in [1.807, 2.05) is 42.3 Å². The van der Waals surface area contributed by atoms with E-state index in [2.05, 4.69) is 35.4 Å². The fourth-order valence-corrected chi connectivity index (χ4v) is 5.05. The molecule has 0 bridgehead atoms. The van der Waals surface area contributed by atoms with E-state index in [1.54, 1.807) is 4.57 Å². The van der Waals surface area contributed by atoms with Crippen LogP contribution in [0.1, 0.15) is 30.9 Å². The Bertz CT molecular complexity index is 1400. The van der Waals surface area contributed by atoms with Crippen LogP contribution in [0.2, 0.25) is 0 Å². The van der Waals surface area contributed by atoms with E-state index in [1.165, 1.54) is 16.5 Å². The molecule has 5 rings (SSSR count). The third kappa shape index (κ3) is 4.18. The first-order chi connectivity index (χ1) is 16.5. The number of carbonyl (C=O) groups excluding carboxylic acids is 1. The zero-order valence-electron chi connectivity index (χ0n) is 19.8. The van der Waals surface area contributed by atoms with Crippen LogP contribution in [-0.4, -0.2) is 40.1 Å². The van der Waals surface area contributed by atoms with Gasteiger partial charge in [0.2, 0.25) is 5.91 Å². The molecule has 0 unspecified atom stereocenters. The van der Waals surface area contributed by atoms with E-state index in [0.29, 0.717) is 25.5 Å². The second-order valence-electron chi connectivity index (χ2n) is 9.16. The normalized spacial score (nSPS) is 16.3. The van der Waals surface area contributed by atoms with Gasteiger partial charge >= 0.3 is 0 Å². The Balaban J connectivity index is 1.27. The number of aromatic amines is 1. The third-order valence-corrected chi connectivity index (χ3v) is 6.86. The molecule has 2 N–H and O–H groups in total. The number of benzene rings is 2. The van der Waals surface area contributed by atoms with Crippen LogP contribution in [0.15, 0.2) is 53.5 Å². The van der Waals surface area contributed by atoms with Gasteiger partial charge < -0.3 is 19.8 Å². The van der Waals surface area contributed by atoms with Crippen LogP contribution < -0.4 is 15.8 Å². The number of amides is 1. The Morgan fingerprint density at radius 3 is 2.94 bits per heavy atom. The molecule has 7 nitrogen and oxygen atoms in total. The molecule has 1 saturated heterocycles. The summed E-state index contributed by atoms with van der Waals surface area (Å²) in [6.45, 7) is 6.49. The summed E-state index contributed by atoms with van der Waals surface area (Å²) >= 11 is 0. The summed E-state index contributed by atoms with van der Waals surface area (Å²) in [6, 6.07) is 14.1. The third-order valence-electron chi connectivity index (χ3n) is 6.86. The highest BCUT2D eigenvalue weighted by molar-refractivity contribution is 5.84. The Kier molecular flexibility index (Phi) is 6.09. The molecule has 2 aromatic carbocycles. The predicted molar refractivity (Wildman–Crippen MR) is 136 cm³/mol. The van der Waals surface area contributed by atoms with Gasteiger partial charge in [-0.15, -0.1) is 0 Å². The van der Waals surface area contributed by atoms with Gasteiger partial charge in [0.05, 0.1) is 17.0 Å². The second-order valence-corrected chi connectivity index (χ2v) is 9.16. The number of H-pyrrole nitrogens is 1. The average Bonchev–Trinajstić information content (AvgIpc) is 3.25. The molecule has 34 heavy (non-hydrogen) atoms. The summed E-state index contributed by atoms with van der Waals surface area (Å²) in [6.07, 6.45) is 4.49. The Labute approximate surface area is 198 Å². The molecule has 0 saturated carbocycles. The van der Waals surface area contributed by atoms with Crippen LogP contribution >= 0.6 is 0 Å². The van der Waals surface area contributed by atoms with Crippen LogP contribution in [0.3, 0.4) is 0 Å². The number of piperidine rings is 1. The van der Waals surface area contributed by atoms with Crippen LogP contribution in [0.5, 0.6) is 0 Å². The first-order valence-electron chi connectivity index (χ1n) is 12.1. The highest BCUT2D eigenvalue weighted by Gasteiger charge is 2.28. The Morgan fingerprint density at radius 1 is 1.24 bits per heavy atom. The molecule has 0 radical (unpaired) electrons. The number of aryl methyl sites for hydroxylation is 2. The van der Waals surface area contributed by atoms with Crippen molar-refractivity contribution in [3.8, 4) is 0 Å². The molecule has 1 atom stereocenters. The topological polar surface area (TPSA) is 83.0 Å². The number of aromatic nitrogens is 3. The van der Waals surface area contributed by atoms with Crippen molar-refractivity contribution in [2.75, 3.05) is 24.5 Å². The molecule has 1 amide bonds. The van der Waals surface area contributed by atoms with Gasteiger partial charge in [-0.3, -0.25) is 9.59 Å². The van der Waals surface area contributed by atoms with Crippen molar-refractivity contribution < 1.29 is 4.79 Å². The highest BCUT2D eigenvalue weighted by Crippen LogP contribution is 2.23. The molecule has 0 spiro atoms. The minimum atomic E-state index is -0.151. The maximum Gasteiger partial charge on any atom is 0.293 e. The highest BCUT2D eigenvalue weighted by atomic mass is 16.2. The van der Waals surface area contributed by atoms with Crippen LogP contribution in [0, 0.1) is 12.8 Å². The summed E-state index contributed by atoms with van der Waals surface area (Å²) in [5, 5.41) is 4.34. The van der Waals surface area contributed by atoms with E-state index in [9.17, 15) is 9.59 Å². The SMILES string of the molecule is CCn1c(=O)c(N2CCC[C@H](C(=O)NCCc3c[nH]c4ccc(C)cc34)C2)nc2ccccc21. The van der Waals surface area contributed by atoms with Crippen LogP contribution in [0.4, 0.5) is 5.82 Å². The summed E-state index contributed by atoms with van der Waals surface area (Å²) < 4.78 is 1.77. The van der Waals surface area contributed by atoms with Crippen LogP contribution in [0.25, 0.3) is 21.9 Å². The number of para-hydroxylation sites is 2. The summed E-state index contributed by atoms with van der Waals surface area (Å²) in [5.41, 5.74) is 5.12. The maximum absolute atomic E-state index is 13.2. The fraction of sp³-hybridized carbons (Fsp3) is 0.370. The number of carbonyl (C=O) groups is 1. The molecule has 1 aliphatic rings. The second kappa shape index (κ2) is 9.33. The van der Waals surface area contributed by atoms with E-state index >= 15 is 0 Å². The lowest BCUT2D eigenvalue weighted by molar-refractivity contribution is -0.125. The first-order valence-corrected chi connectivity index (χ1v) is 12.1. The minimum Gasteiger partial charge on any atom is -0.361 e. The lowest BCUT2D eigenvalue weighted by Crippen LogP contribution is -2.46. The van der Waals surface area contributed by atoms with Gasteiger partial charge in [0.1, 0.15) is 0 Å². The van der Waals surface area contributed by atoms with Gasteiger partial charge in [0, 0.05) is 43.3 Å². The lowest BCUT2D eigenvalue weighted by Gasteiger charge is -2.32. The number of rotatable bonds is 6. The molecular formula is C27H31N5O2. The number of nitrogens with zero attached hydrogens (tertiary/aromatic N) is 3. The van der Waals surface area contributed by atoms with Gasteiger partial charge in [-0.25, -0.2) is 4.98 Å². The average molecular weight is 458 g/mol. The number of hydrogen-bond acceptors (Lipinski definition) is 4. The lowest BCUT2D eigenvalue weighted by atomic mass is 9.97. The summed E-state index contributed by atoms with van der Waals surface area (Å²) in [7, 11) is 0. The van der Waals surface area contributed by atoms with Gasteiger partial charge in [0.15, 0.2) is 5.82 Å². The van der Waals surface area contributed by atoms with Crippen molar-refractivity contribution in [2.45, 2.75) is 39.7 Å². The Hall–Kier alpha value is -3.61. The van der Waals surface area contributed by atoms with Crippen molar-refractivity contribution in [1.82, 2.24) is 19.9 Å². The quantitative estimate of drug-likeness (QED) is 0.462. The molecule has 7 heteroatoms. The monoisotopic (exact) mass is 457 g/mol. The molecule has 0 aliphatic carbocycles. The zero-order valence-corrected chi connectivity index (χ0v) is 19.8. The molecule has 2 aromatic heterocycles. The molecule has 1 fully saturated rings. The molecular weight excluding hydrogens is 426 g/mol. The minimum absolute atomic E-state index is 0.0531. The number of fused-ring (bicyclic) bond motifs is 2. The largest absolute Gasteiger partial charge is 0.361 e. The molecule has 3 heterocycles. The Morgan fingerprint density at radius 2 is 2.09 bits per heavy atom. The van der Waals surface area contributed by atoms with Crippen molar-refractivity contribution >= 4 is 33.7 Å². The standard InChI is InChI=1S/C27H31N5O2/c1-3-32-24-9-5-4-8-23(24)30-25(27(32)34)31-14-6-7-20(17-31)26(33)28-13-12-19-16-29-22-11-10-18(2)15-21(19)22/h4-5,8-11,15-16,20,29H,3,6-7,12-14,17H2,1-2H3,(H,28,33)/t20-/m0/s1. The first kappa shape index (κ1) is 22.2. The van der Waals surface area contributed by atoms with Crippen molar-refractivity contribution in [2.24, 2.45) is 5.92 Å². The fourth-order valence-electron chi connectivity index (χ4n) is 5.05. The van der Waals surface area contributed by atoms with E-state index in [-0.39, 0.29) is 17.4 Å². The van der Waals surface area contributed by atoms with Gasteiger partial charge in [-0.2, -0.15) is 0 Å². The van der Waals surface area contributed by atoms with Gasteiger partial charge in [-0.1, -0.05) is 23.8 Å². The maximum atomic E-state index is 13.2. The van der Waals surface area contributed by atoms with Crippen molar-refractivity contribution in [1.29, 1.82) is 0 Å².